The van der Waals surface area contributed by atoms with Crippen LogP contribution in [0.1, 0.15) is 58.8 Å². The summed E-state index contributed by atoms with van der Waals surface area (Å²) < 4.78 is 10.7. The third-order valence-electron chi connectivity index (χ3n) is 4.79. The average Bonchev–Trinajstić information content (AvgIpc) is 2.74. The lowest BCUT2D eigenvalue weighted by molar-refractivity contribution is -0.140. The van der Waals surface area contributed by atoms with Crippen molar-refractivity contribution in [1.82, 2.24) is 16.0 Å². The number of carbonyl (C=O) groups is 5. The quantitative estimate of drug-likeness (QED) is 0.0848. The Bertz CT molecular complexity index is 702. The Hall–Kier alpha value is -2.97. The smallest absolute Gasteiger partial charge is 0.326 e. The van der Waals surface area contributed by atoms with E-state index in [0.717, 1.165) is 0 Å². The molecule has 0 saturated heterocycles. The van der Waals surface area contributed by atoms with Crippen LogP contribution in [0.15, 0.2) is 0 Å². The van der Waals surface area contributed by atoms with Crippen LogP contribution >= 0.6 is 0 Å². The molecule has 0 aromatic rings. The van der Waals surface area contributed by atoms with Crippen molar-refractivity contribution >= 4 is 29.8 Å². The third-order valence-corrected chi connectivity index (χ3v) is 4.79. The molecule has 0 heterocycles. The van der Waals surface area contributed by atoms with Crippen molar-refractivity contribution in [2.75, 3.05) is 26.4 Å². The lowest BCUT2D eigenvalue weighted by Crippen LogP contribution is -2.51. The van der Waals surface area contributed by atoms with Gasteiger partial charge in [-0.3, -0.25) is 9.59 Å². The van der Waals surface area contributed by atoms with Crippen LogP contribution in [0.5, 0.6) is 0 Å². The SMILES string of the molecule is CCOC(C)(N)CCOCCC(=O)NCCCC[C@H](NC(=O)N[C@@H](CCC(=O)O)C(=O)O)C(=O)O. The fourth-order valence-corrected chi connectivity index (χ4v) is 2.87. The van der Waals surface area contributed by atoms with Gasteiger partial charge in [-0.25, -0.2) is 14.4 Å². The summed E-state index contributed by atoms with van der Waals surface area (Å²) in [5, 5.41) is 33.9. The predicted octanol–water partition coefficient (Wildman–Crippen LogP) is -0.148. The summed E-state index contributed by atoms with van der Waals surface area (Å²) >= 11 is 0. The highest BCUT2D eigenvalue weighted by molar-refractivity contribution is 5.86. The van der Waals surface area contributed by atoms with Gasteiger partial charge in [0, 0.05) is 32.4 Å². The first-order valence-electron chi connectivity index (χ1n) is 11.4. The van der Waals surface area contributed by atoms with Gasteiger partial charge in [-0.05, 0) is 39.5 Å². The van der Waals surface area contributed by atoms with Gasteiger partial charge >= 0.3 is 23.9 Å². The number of nitrogens with one attached hydrogen (secondary N) is 3. The number of hydrogen-bond donors (Lipinski definition) is 7. The molecule has 0 aromatic carbocycles. The van der Waals surface area contributed by atoms with Gasteiger partial charge in [0.25, 0.3) is 0 Å². The summed E-state index contributed by atoms with van der Waals surface area (Å²) in [6, 6.07) is -3.78. The molecule has 35 heavy (non-hydrogen) atoms. The molecular weight excluding hydrogens is 468 g/mol. The molecule has 8 N–H and O–H groups in total. The van der Waals surface area contributed by atoms with Crippen molar-refractivity contribution in [1.29, 1.82) is 0 Å². The van der Waals surface area contributed by atoms with Crippen molar-refractivity contribution in [3.63, 3.8) is 0 Å². The fraction of sp³-hybridized carbons (Fsp3) is 0.762. The Labute approximate surface area is 203 Å². The number of unbranched alkanes of at least 4 members (excludes halogenated alkanes) is 1. The van der Waals surface area contributed by atoms with E-state index in [-0.39, 0.29) is 31.8 Å². The molecule has 14 nitrogen and oxygen atoms in total. The van der Waals surface area contributed by atoms with Gasteiger partial charge in [-0.15, -0.1) is 0 Å². The molecule has 1 unspecified atom stereocenters. The van der Waals surface area contributed by atoms with Crippen molar-refractivity contribution < 1.29 is 48.8 Å². The van der Waals surface area contributed by atoms with E-state index in [0.29, 0.717) is 39.0 Å². The van der Waals surface area contributed by atoms with E-state index in [4.69, 9.17) is 25.4 Å². The summed E-state index contributed by atoms with van der Waals surface area (Å²) in [5.41, 5.74) is 5.12. The van der Waals surface area contributed by atoms with E-state index in [1.165, 1.54) is 0 Å². The molecule has 0 saturated carbocycles. The molecule has 3 atom stereocenters. The predicted molar refractivity (Wildman–Crippen MR) is 123 cm³/mol. The van der Waals surface area contributed by atoms with Crippen LogP contribution in [0.25, 0.3) is 0 Å². The van der Waals surface area contributed by atoms with E-state index in [1.807, 2.05) is 6.92 Å². The number of rotatable bonds is 20. The molecular formula is C21H38N4O10. The first-order valence-corrected chi connectivity index (χ1v) is 11.4. The molecule has 0 aromatic heterocycles. The minimum Gasteiger partial charge on any atom is -0.481 e. The second-order valence-electron chi connectivity index (χ2n) is 8.04. The normalized spacial score (nSPS) is 14.3. The van der Waals surface area contributed by atoms with Gasteiger partial charge in [0.05, 0.1) is 13.2 Å². The van der Waals surface area contributed by atoms with Crippen LogP contribution in [0.3, 0.4) is 0 Å². The molecule has 202 valence electrons. The van der Waals surface area contributed by atoms with Crippen LogP contribution < -0.4 is 21.7 Å². The highest BCUT2D eigenvalue weighted by Crippen LogP contribution is 2.07. The van der Waals surface area contributed by atoms with Crippen molar-refractivity contribution in [2.24, 2.45) is 5.73 Å². The minimum atomic E-state index is -1.47. The van der Waals surface area contributed by atoms with E-state index < -0.39 is 48.2 Å². The highest BCUT2D eigenvalue weighted by Gasteiger charge is 2.24. The summed E-state index contributed by atoms with van der Waals surface area (Å²) in [6.07, 6.45) is 0.684. The molecule has 0 aliphatic carbocycles. The van der Waals surface area contributed by atoms with Crippen molar-refractivity contribution in [2.45, 2.75) is 76.6 Å². The van der Waals surface area contributed by atoms with Crippen LogP contribution in [-0.2, 0) is 28.7 Å². The molecule has 0 fully saturated rings. The highest BCUT2D eigenvalue weighted by atomic mass is 16.5. The van der Waals surface area contributed by atoms with E-state index in [1.54, 1.807) is 6.92 Å². The molecule has 0 rings (SSSR count). The fourth-order valence-electron chi connectivity index (χ4n) is 2.87. The summed E-state index contributed by atoms with van der Waals surface area (Å²) in [4.78, 5) is 56.9. The molecule has 3 amide bonds. The zero-order chi connectivity index (χ0) is 26.9. The number of ether oxygens (including phenoxy) is 2. The van der Waals surface area contributed by atoms with Gasteiger partial charge in [-0.2, -0.15) is 0 Å². The molecule has 0 aliphatic heterocycles. The number of amides is 3. The summed E-state index contributed by atoms with van der Waals surface area (Å²) in [7, 11) is 0. The minimum absolute atomic E-state index is 0.0479. The Balaban J connectivity index is 4.15. The summed E-state index contributed by atoms with van der Waals surface area (Å²) in [5.74, 6) is -4.19. The monoisotopic (exact) mass is 506 g/mol. The Kier molecular flexibility index (Phi) is 16.0. The maximum atomic E-state index is 12.0. The maximum absolute atomic E-state index is 12.0. The van der Waals surface area contributed by atoms with E-state index >= 15 is 0 Å². The number of hydrogen-bond acceptors (Lipinski definition) is 8. The molecule has 0 aliphatic rings. The lowest BCUT2D eigenvalue weighted by atomic mass is 10.1. The van der Waals surface area contributed by atoms with Gasteiger partial charge in [0.15, 0.2) is 0 Å². The first-order chi connectivity index (χ1) is 16.4. The Morgan fingerprint density at radius 1 is 0.914 bits per heavy atom. The number of nitrogens with two attached hydrogens (primary N) is 1. The van der Waals surface area contributed by atoms with E-state index in [2.05, 4.69) is 16.0 Å². The van der Waals surface area contributed by atoms with Crippen molar-refractivity contribution in [3.05, 3.63) is 0 Å². The van der Waals surface area contributed by atoms with E-state index in [9.17, 15) is 29.1 Å². The van der Waals surface area contributed by atoms with Gasteiger partial charge in [-0.1, -0.05) is 0 Å². The standard InChI is InChI=1S/C21H38N4O10/c1-3-35-21(2,22)10-13-34-12-9-16(26)23-11-5-4-6-14(18(29)30)24-20(33)25-15(19(31)32)7-8-17(27)28/h14-15H,3-13,22H2,1-2H3,(H,23,26)(H,27,28)(H,29,30)(H,31,32)(H2,24,25,33)/t14-,15-,21?/m0/s1. The largest absolute Gasteiger partial charge is 0.481 e. The molecule has 0 radical (unpaired) electrons. The third kappa shape index (κ3) is 17.2. The van der Waals surface area contributed by atoms with Gasteiger partial charge in [0.2, 0.25) is 5.91 Å². The number of carboxylic acid groups (broad SMARTS) is 3. The first kappa shape index (κ1) is 32.0. The van der Waals surface area contributed by atoms with Crippen LogP contribution in [0.2, 0.25) is 0 Å². The number of urea groups is 1. The number of carboxylic acids is 3. The number of aliphatic carboxylic acids is 3. The van der Waals surface area contributed by atoms with Crippen molar-refractivity contribution in [3.8, 4) is 0 Å². The maximum Gasteiger partial charge on any atom is 0.326 e. The Morgan fingerprint density at radius 3 is 2.06 bits per heavy atom. The summed E-state index contributed by atoms with van der Waals surface area (Å²) in [6.45, 7) is 4.96. The second kappa shape index (κ2) is 17.5. The zero-order valence-corrected chi connectivity index (χ0v) is 20.2. The van der Waals surface area contributed by atoms with Crippen LogP contribution in [0.4, 0.5) is 4.79 Å². The zero-order valence-electron chi connectivity index (χ0n) is 20.2. The number of carbonyl (C=O) groups excluding carboxylic acids is 2. The van der Waals surface area contributed by atoms with Gasteiger partial charge < -0.3 is 46.5 Å². The van der Waals surface area contributed by atoms with Gasteiger partial charge in [0.1, 0.15) is 17.8 Å². The lowest BCUT2D eigenvalue weighted by Gasteiger charge is -2.24. The van der Waals surface area contributed by atoms with Crippen LogP contribution in [0, 0.1) is 0 Å². The average molecular weight is 507 g/mol. The Morgan fingerprint density at radius 2 is 1.51 bits per heavy atom. The molecule has 14 heteroatoms. The topological polar surface area (TPSA) is 227 Å². The molecule has 0 spiro atoms. The second-order valence-corrected chi connectivity index (χ2v) is 8.04. The molecule has 0 bridgehead atoms. The van der Waals surface area contributed by atoms with Crippen LogP contribution in [-0.4, -0.2) is 89.3 Å².